The summed E-state index contributed by atoms with van der Waals surface area (Å²) in [4.78, 5) is 0. The van der Waals surface area contributed by atoms with E-state index in [4.69, 9.17) is 4.74 Å². The van der Waals surface area contributed by atoms with Crippen LogP contribution in [-0.2, 0) is 14.6 Å². The lowest BCUT2D eigenvalue weighted by atomic mass is 9.87. The van der Waals surface area contributed by atoms with Gasteiger partial charge in [0.1, 0.15) is 0 Å². The van der Waals surface area contributed by atoms with Crippen LogP contribution in [0.4, 0.5) is 0 Å². The molecule has 2 fully saturated rings. The van der Waals surface area contributed by atoms with Crippen LogP contribution < -0.4 is 0 Å². The first-order chi connectivity index (χ1) is 6.70. The topological polar surface area (TPSA) is 43.4 Å². The summed E-state index contributed by atoms with van der Waals surface area (Å²) in [6.07, 6.45) is 5.80. The Labute approximate surface area is 85.8 Å². The molecule has 0 N–H and O–H groups in total. The van der Waals surface area contributed by atoms with E-state index in [9.17, 15) is 8.42 Å². The van der Waals surface area contributed by atoms with Crippen LogP contribution in [0.25, 0.3) is 0 Å². The standard InChI is InChI=1S/C10H18O3S/c11-14(12)7-6-13-8-10(14)9-4-2-1-3-5-9/h9-10H,1-8H2. The maximum atomic E-state index is 11.8. The number of ether oxygens (including phenoxy) is 1. The van der Waals surface area contributed by atoms with E-state index < -0.39 is 9.84 Å². The summed E-state index contributed by atoms with van der Waals surface area (Å²) in [6, 6.07) is 0. The lowest BCUT2D eigenvalue weighted by molar-refractivity contribution is 0.117. The van der Waals surface area contributed by atoms with Gasteiger partial charge in [0.25, 0.3) is 0 Å². The Balaban J connectivity index is 2.07. The number of rotatable bonds is 1. The fraction of sp³-hybridized carbons (Fsp3) is 1.00. The molecule has 2 aliphatic rings. The average Bonchev–Trinajstić information content (AvgIpc) is 2.18. The molecule has 82 valence electrons. The largest absolute Gasteiger partial charge is 0.379 e. The van der Waals surface area contributed by atoms with Crippen LogP contribution in [0.2, 0.25) is 0 Å². The highest BCUT2D eigenvalue weighted by atomic mass is 32.2. The van der Waals surface area contributed by atoms with E-state index in [-0.39, 0.29) is 11.0 Å². The van der Waals surface area contributed by atoms with Crippen molar-refractivity contribution in [2.45, 2.75) is 37.4 Å². The van der Waals surface area contributed by atoms with Crippen molar-refractivity contribution < 1.29 is 13.2 Å². The van der Waals surface area contributed by atoms with Gasteiger partial charge in [-0.1, -0.05) is 19.3 Å². The van der Waals surface area contributed by atoms with Gasteiger partial charge in [-0.3, -0.25) is 0 Å². The average molecular weight is 218 g/mol. The molecule has 0 amide bonds. The van der Waals surface area contributed by atoms with Crippen molar-refractivity contribution in [2.75, 3.05) is 19.0 Å². The molecule has 0 aromatic rings. The van der Waals surface area contributed by atoms with Gasteiger partial charge in [-0.25, -0.2) is 8.42 Å². The van der Waals surface area contributed by atoms with E-state index in [2.05, 4.69) is 0 Å². The van der Waals surface area contributed by atoms with Crippen LogP contribution >= 0.6 is 0 Å². The summed E-state index contributed by atoms with van der Waals surface area (Å²) in [5.74, 6) is 0.600. The summed E-state index contributed by atoms with van der Waals surface area (Å²) in [5, 5.41) is -0.198. The molecule has 4 heteroatoms. The minimum Gasteiger partial charge on any atom is -0.379 e. The summed E-state index contributed by atoms with van der Waals surface area (Å²) in [5.41, 5.74) is 0. The van der Waals surface area contributed by atoms with E-state index in [0.717, 1.165) is 12.8 Å². The van der Waals surface area contributed by atoms with Gasteiger partial charge in [-0.15, -0.1) is 0 Å². The van der Waals surface area contributed by atoms with Crippen LogP contribution in [0.5, 0.6) is 0 Å². The molecular weight excluding hydrogens is 200 g/mol. The number of sulfone groups is 1. The molecule has 1 aliphatic heterocycles. The van der Waals surface area contributed by atoms with Crippen molar-refractivity contribution >= 4 is 9.84 Å². The van der Waals surface area contributed by atoms with Crippen molar-refractivity contribution in [2.24, 2.45) is 5.92 Å². The Morgan fingerprint density at radius 3 is 2.43 bits per heavy atom. The van der Waals surface area contributed by atoms with Crippen molar-refractivity contribution in [3.05, 3.63) is 0 Å². The second-order valence-corrected chi connectivity index (χ2v) is 6.72. The fourth-order valence-electron chi connectivity index (χ4n) is 2.56. The Bertz CT molecular complexity index is 278. The van der Waals surface area contributed by atoms with E-state index in [1.54, 1.807) is 0 Å². The molecule has 1 atom stereocenters. The Morgan fingerprint density at radius 2 is 1.79 bits per heavy atom. The maximum absolute atomic E-state index is 11.8. The third-order valence-electron chi connectivity index (χ3n) is 3.43. The Hall–Kier alpha value is -0.0900. The van der Waals surface area contributed by atoms with Gasteiger partial charge >= 0.3 is 0 Å². The maximum Gasteiger partial charge on any atom is 0.157 e. The van der Waals surface area contributed by atoms with Crippen LogP contribution in [0.3, 0.4) is 0 Å². The highest BCUT2D eigenvalue weighted by molar-refractivity contribution is 7.92. The second-order valence-electron chi connectivity index (χ2n) is 4.38. The molecule has 0 radical (unpaired) electrons. The molecule has 1 saturated carbocycles. The molecule has 0 bridgehead atoms. The minimum absolute atomic E-state index is 0.198. The molecule has 2 rings (SSSR count). The van der Waals surface area contributed by atoms with Crippen molar-refractivity contribution in [3.8, 4) is 0 Å². The molecule has 14 heavy (non-hydrogen) atoms. The lowest BCUT2D eigenvalue weighted by Crippen LogP contribution is -2.41. The lowest BCUT2D eigenvalue weighted by Gasteiger charge is -2.32. The van der Waals surface area contributed by atoms with Gasteiger partial charge in [0.05, 0.1) is 24.2 Å². The predicted molar refractivity (Wildman–Crippen MR) is 55.0 cm³/mol. The van der Waals surface area contributed by atoms with Crippen LogP contribution in [0, 0.1) is 5.92 Å². The first kappa shape index (κ1) is 10.4. The summed E-state index contributed by atoms with van der Waals surface area (Å²) >= 11 is 0. The normalized spacial score (nSPS) is 34.1. The molecule has 1 saturated heterocycles. The van der Waals surface area contributed by atoms with Gasteiger partial charge in [0.15, 0.2) is 9.84 Å². The van der Waals surface area contributed by atoms with Gasteiger partial charge in [0.2, 0.25) is 0 Å². The quantitative estimate of drug-likeness (QED) is 0.668. The van der Waals surface area contributed by atoms with Gasteiger partial charge in [-0.05, 0) is 18.8 Å². The summed E-state index contributed by atoms with van der Waals surface area (Å²) in [7, 11) is -2.85. The predicted octanol–water partition coefficient (Wildman–Crippen LogP) is 1.38. The third-order valence-corrected chi connectivity index (χ3v) is 5.61. The SMILES string of the molecule is O=S1(=O)CCOCC1C1CCCCC1. The number of hydrogen-bond donors (Lipinski definition) is 0. The zero-order chi connectivity index (χ0) is 10.0. The van der Waals surface area contributed by atoms with Crippen LogP contribution in [0.15, 0.2) is 0 Å². The first-order valence-electron chi connectivity index (χ1n) is 5.49. The monoisotopic (exact) mass is 218 g/mol. The van der Waals surface area contributed by atoms with Crippen LogP contribution in [-0.4, -0.2) is 32.6 Å². The second kappa shape index (κ2) is 4.19. The molecule has 3 nitrogen and oxygen atoms in total. The van der Waals surface area contributed by atoms with Gasteiger partial charge < -0.3 is 4.74 Å². The van der Waals surface area contributed by atoms with Crippen molar-refractivity contribution in [1.82, 2.24) is 0 Å². The molecule has 1 heterocycles. The Morgan fingerprint density at radius 1 is 1.07 bits per heavy atom. The van der Waals surface area contributed by atoms with E-state index in [0.29, 0.717) is 19.1 Å². The fourth-order valence-corrected chi connectivity index (χ4v) is 4.38. The highest BCUT2D eigenvalue weighted by Crippen LogP contribution is 2.31. The third kappa shape index (κ3) is 2.11. The molecule has 0 spiro atoms. The molecular formula is C10H18O3S. The minimum atomic E-state index is -2.85. The van der Waals surface area contributed by atoms with E-state index in [1.165, 1.54) is 19.3 Å². The van der Waals surface area contributed by atoms with Gasteiger partial charge in [-0.2, -0.15) is 0 Å². The summed E-state index contributed by atoms with van der Waals surface area (Å²) < 4.78 is 28.9. The first-order valence-corrected chi connectivity index (χ1v) is 7.21. The van der Waals surface area contributed by atoms with E-state index in [1.807, 2.05) is 0 Å². The zero-order valence-electron chi connectivity index (χ0n) is 8.44. The number of hydrogen-bond acceptors (Lipinski definition) is 3. The van der Waals surface area contributed by atoms with Gasteiger partial charge in [0, 0.05) is 0 Å². The van der Waals surface area contributed by atoms with Crippen molar-refractivity contribution in [1.29, 1.82) is 0 Å². The highest BCUT2D eigenvalue weighted by Gasteiger charge is 2.36. The summed E-state index contributed by atoms with van der Waals surface area (Å²) in [6.45, 7) is 0.832. The molecule has 0 aromatic carbocycles. The molecule has 0 aromatic heterocycles. The van der Waals surface area contributed by atoms with Crippen LogP contribution in [0.1, 0.15) is 32.1 Å². The van der Waals surface area contributed by atoms with Crippen molar-refractivity contribution in [3.63, 3.8) is 0 Å². The Kier molecular flexibility index (Phi) is 3.12. The molecule has 1 aliphatic carbocycles. The molecule has 1 unspecified atom stereocenters. The zero-order valence-corrected chi connectivity index (χ0v) is 9.26. The smallest absolute Gasteiger partial charge is 0.157 e. The van der Waals surface area contributed by atoms with E-state index >= 15 is 0 Å².